The number of aliphatic imine (C=N–C) groups is 1. The zero-order valence-corrected chi connectivity index (χ0v) is 13.2. The molecule has 20 heavy (non-hydrogen) atoms. The van der Waals surface area contributed by atoms with Crippen LogP contribution in [0.4, 0.5) is 0 Å². The molecule has 2 N–H and O–H groups in total. The van der Waals surface area contributed by atoms with Crippen LogP contribution in [-0.4, -0.2) is 50.4 Å². The maximum atomic E-state index is 11.9. The molecule has 0 spiro atoms. The highest BCUT2D eigenvalue weighted by Gasteiger charge is 2.24. The third-order valence-corrected chi connectivity index (χ3v) is 6.16. The highest BCUT2D eigenvalue weighted by molar-refractivity contribution is 7.91. The minimum absolute atomic E-state index is 0.133. The van der Waals surface area contributed by atoms with Crippen molar-refractivity contribution in [2.45, 2.75) is 39.0 Å². The van der Waals surface area contributed by atoms with Crippen LogP contribution < -0.4 is 5.73 Å². The van der Waals surface area contributed by atoms with E-state index >= 15 is 0 Å². The van der Waals surface area contributed by atoms with Crippen LogP contribution >= 0.6 is 0 Å². The zero-order chi connectivity index (χ0) is 14.6. The Morgan fingerprint density at radius 2 is 2.05 bits per heavy atom. The Balaban J connectivity index is 1.76. The molecule has 0 aromatic heterocycles. The number of guanidine groups is 1. The van der Waals surface area contributed by atoms with Crippen molar-refractivity contribution in [1.29, 1.82) is 0 Å². The summed E-state index contributed by atoms with van der Waals surface area (Å²) in [7, 11) is -2.96. The van der Waals surface area contributed by atoms with Gasteiger partial charge in [0.15, 0.2) is 15.8 Å². The van der Waals surface area contributed by atoms with E-state index in [1.165, 1.54) is 12.8 Å². The molecule has 116 valence electrons. The summed E-state index contributed by atoms with van der Waals surface area (Å²) in [6.45, 7) is 4.38. The van der Waals surface area contributed by atoms with E-state index in [1.807, 2.05) is 0 Å². The van der Waals surface area contributed by atoms with Crippen LogP contribution in [0.25, 0.3) is 0 Å². The largest absolute Gasteiger partial charge is 0.370 e. The van der Waals surface area contributed by atoms with E-state index in [-0.39, 0.29) is 5.75 Å². The maximum Gasteiger partial charge on any atom is 0.191 e. The van der Waals surface area contributed by atoms with Gasteiger partial charge in [0, 0.05) is 13.1 Å². The van der Waals surface area contributed by atoms with Crippen molar-refractivity contribution >= 4 is 15.8 Å². The van der Waals surface area contributed by atoms with Gasteiger partial charge < -0.3 is 10.6 Å². The van der Waals surface area contributed by atoms with Crippen molar-refractivity contribution in [1.82, 2.24) is 4.90 Å². The number of hydrogen-bond acceptors (Lipinski definition) is 3. The molecule has 1 heterocycles. The average molecular weight is 301 g/mol. The lowest BCUT2D eigenvalue weighted by molar-refractivity contribution is 0.270. The van der Waals surface area contributed by atoms with Crippen LogP contribution in [0, 0.1) is 11.8 Å². The van der Waals surface area contributed by atoms with Crippen molar-refractivity contribution in [2.24, 2.45) is 22.6 Å². The first-order chi connectivity index (χ1) is 9.46. The van der Waals surface area contributed by atoms with E-state index in [0.717, 1.165) is 32.4 Å². The molecule has 0 amide bonds. The average Bonchev–Trinajstić information content (AvgIpc) is 2.34. The van der Waals surface area contributed by atoms with Crippen LogP contribution in [-0.2, 0) is 9.84 Å². The molecule has 1 unspecified atom stereocenters. The smallest absolute Gasteiger partial charge is 0.191 e. The topological polar surface area (TPSA) is 75.8 Å². The SMILES string of the molecule is CC1CCCN(C(N)=NCCS(=O)(=O)CC2CCC2)C1. The molecule has 0 radical (unpaired) electrons. The molecule has 0 aromatic rings. The van der Waals surface area contributed by atoms with Crippen molar-refractivity contribution in [2.75, 3.05) is 31.1 Å². The number of nitrogens with zero attached hydrogens (tertiary/aromatic N) is 2. The van der Waals surface area contributed by atoms with Gasteiger partial charge in [-0.25, -0.2) is 8.42 Å². The van der Waals surface area contributed by atoms with Crippen LogP contribution in [0.5, 0.6) is 0 Å². The van der Waals surface area contributed by atoms with Gasteiger partial charge in [0.05, 0.1) is 18.1 Å². The van der Waals surface area contributed by atoms with E-state index in [0.29, 0.717) is 30.1 Å². The van der Waals surface area contributed by atoms with Crippen LogP contribution in [0.2, 0.25) is 0 Å². The normalized spacial score (nSPS) is 25.6. The summed E-state index contributed by atoms with van der Waals surface area (Å²) in [6, 6.07) is 0. The molecule has 0 bridgehead atoms. The number of piperidine rings is 1. The number of sulfone groups is 1. The molecule has 1 saturated heterocycles. The molecule has 2 fully saturated rings. The molecular weight excluding hydrogens is 274 g/mol. The van der Waals surface area contributed by atoms with E-state index in [1.54, 1.807) is 0 Å². The van der Waals surface area contributed by atoms with E-state index in [9.17, 15) is 8.42 Å². The fourth-order valence-electron chi connectivity index (χ4n) is 2.90. The summed E-state index contributed by atoms with van der Waals surface area (Å²) in [5, 5.41) is 0. The molecule has 0 aromatic carbocycles. The third kappa shape index (κ3) is 4.65. The molecule has 2 aliphatic rings. The Morgan fingerprint density at radius 1 is 1.30 bits per heavy atom. The predicted octanol–water partition coefficient (Wildman–Crippen LogP) is 1.25. The Labute approximate surface area is 122 Å². The second-order valence-corrected chi connectivity index (χ2v) is 8.57. The van der Waals surface area contributed by atoms with Crippen molar-refractivity contribution in [3.8, 4) is 0 Å². The van der Waals surface area contributed by atoms with E-state index in [2.05, 4.69) is 16.8 Å². The summed E-state index contributed by atoms with van der Waals surface area (Å²) in [4.78, 5) is 6.34. The van der Waals surface area contributed by atoms with Crippen molar-refractivity contribution in [3.63, 3.8) is 0 Å². The minimum Gasteiger partial charge on any atom is -0.370 e. The summed E-state index contributed by atoms with van der Waals surface area (Å²) in [5.41, 5.74) is 5.96. The zero-order valence-electron chi connectivity index (χ0n) is 12.4. The summed E-state index contributed by atoms with van der Waals surface area (Å²) in [6.07, 6.45) is 5.68. The second-order valence-electron chi connectivity index (χ2n) is 6.34. The van der Waals surface area contributed by atoms with Crippen LogP contribution in [0.3, 0.4) is 0 Å². The molecule has 6 heteroatoms. The van der Waals surface area contributed by atoms with E-state index in [4.69, 9.17) is 5.73 Å². The third-order valence-electron chi connectivity index (χ3n) is 4.37. The number of rotatable bonds is 5. The first-order valence-electron chi connectivity index (χ1n) is 7.71. The van der Waals surface area contributed by atoms with Gasteiger partial charge in [0.1, 0.15) is 0 Å². The highest BCUT2D eigenvalue weighted by atomic mass is 32.2. The lowest BCUT2D eigenvalue weighted by atomic mass is 9.87. The van der Waals surface area contributed by atoms with Gasteiger partial charge in [-0.1, -0.05) is 13.3 Å². The monoisotopic (exact) mass is 301 g/mol. The molecule has 1 aliphatic heterocycles. The van der Waals surface area contributed by atoms with Gasteiger partial charge in [-0.15, -0.1) is 0 Å². The summed E-state index contributed by atoms with van der Waals surface area (Å²) < 4.78 is 23.8. The minimum atomic E-state index is -2.96. The van der Waals surface area contributed by atoms with Gasteiger partial charge in [-0.05, 0) is 37.5 Å². The summed E-state index contributed by atoms with van der Waals surface area (Å²) in [5.74, 6) is 2.01. The molecular formula is C14H27N3O2S. The van der Waals surface area contributed by atoms with Gasteiger partial charge in [-0.2, -0.15) is 0 Å². The lowest BCUT2D eigenvalue weighted by Gasteiger charge is -2.31. The second kappa shape index (κ2) is 6.78. The number of hydrogen-bond donors (Lipinski definition) is 1. The van der Waals surface area contributed by atoms with Crippen LogP contribution in [0.1, 0.15) is 39.0 Å². The predicted molar refractivity (Wildman–Crippen MR) is 82.5 cm³/mol. The number of likely N-dealkylation sites (tertiary alicyclic amines) is 1. The standard InChI is InChI=1S/C14H27N3O2S/c1-12-4-3-8-17(10-12)14(15)16-7-9-20(18,19)11-13-5-2-6-13/h12-13H,2-11H2,1H3,(H2,15,16). The Morgan fingerprint density at radius 3 is 2.65 bits per heavy atom. The summed E-state index contributed by atoms with van der Waals surface area (Å²) >= 11 is 0. The van der Waals surface area contributed by atoms with Crippen molar-refractivity contribution in [3.05, 3.63) is 0 Å². The van der Waals surface area contributed by atoms with Crippen molar-refractivity contribution < 1.29 is 8.42 Å². The van der Waals surface area contributed by atoms with E-state index < -0.39 is 9.84 Å². The van der Waals surface area contributed by atoms with Crippen LogP contribution in [0.15, 0.2) is 4.99 Å². The molecule has 1 saturated carbocycles. The Bertz CT molecular complexity index is 443. The van der Waals surface area contributed by atoms with Gasteiger partial charge in [-0.3, -0.25) is 4.99 Å². The Kier molecular flexibility index (Phi) is 5.29. The quantitative estimate of drug-likeness (QED) is 0.612. The fraction of sp³-hybridized carbons (Fsp3) is 0.929. The Hall–Kier alpha value is -0.780. The van der Waals surface area contributed by atoms with Gasteiger partial charge in [0.2, 0.25) is 0 Å². The maximum absolute atomic E-state index is 11.9. The molecule has 5 nitrogen and oxygen atoms in total. The van der Waals surface area contributed by atoms with Gasteiger partial charge in [0.25, 0.3) is 0 Å². The molecule has 1 atom stereocenters. The first kappa shape index (κ1) is 15.6. The fourth-order valence-corrected chi connectivity index (χ4v) is 4.49. The molecule has 1 aliphatic carbocycles. The first-order valence-corrected chi connectivity index (χ1v) is 9.54. The lowest BCUT2D eigenvalue weighted by Crippen LogP contribution is -2.43. The number of nitrogens with two attached hydrogens (primary N) is 1. The molecule has 2 rings (SSSR count). The van der Waals surface area contributed by atoms with Gasteiger partial charge >= 0.3 is 0 Å². The highest BCUT2D eigenvalue weighted by Crippen LogP contribution is 2.27.